The predicted molar refractivity (Wildman–Crippen MR) is 83.9 cm³/mol. The number of halogens is 2. The average Bonchev–Trinajstić information content (AvgIpc) is 2.45. The molecule has 0 bridgehead atoms. The van der Waals surface area contributed by atoms with Crippen LogP contribution in [0.3, 0.4) is 0 Å². The molecule has 0 aromatic heterocycles. The SMILES string of the molecule is CC(=O)c1ccccc1OCCOc1ccc(Cl)cc1Cl. The van der Waals surface area contributed by atoms with Gasteiger partial charge in [-0.3, -0.25) is 4.79 Å². The van der Waals surface area contributed by atoms with Crippen LogP contribution in [0, 0.1) is 0 Å². The van der Waals surface area contributed by atoms with Crippen LogP contribution in [0.4, 0.5) is 0 Å². The average molecular weight is 325 g/mol. The molecule has 110 valence electrons. The topological polar surface area (TPSA) is 35.5 Å². The lowest BCUT2D eigenvalue weighted by Crippen LogP contribution is -2.11. The number of hydrogen-bond donors (Lipinski definition) is 0. The molecule has 0 fully saturated rings. The number of Topliss-reactive ketones (excluding diaryl/α,β-unsaturated/α-hetero) is 1. The Bertz CT molecular complexity index is 641. The Hall–Kier alpha value is -1.71. The van der Waals surface area contributed by atoms with E-state index in [0.29, 0.717) is 40.3 Å². The number of ether oxygens (including phenoxy) is 2. The van der Waals surface area contributed by atoms with Crippen LogP contribution in [0.15, 0.2) is 42.5 Å². The van der Waals surface area contributed by atoms with Crippen LogP contribution in [0.5, 0.6) is 11.5 Å². The highest BCUT2D eigenvalue weighted by molar-refractivity contribution is 6.35. The minimum absolute atomic E-state index is 0.0349. The van der Waals surface area contributed by atoms with Crippen LogP contribution in [-0.2, 0) is 0 Å². The zero-order valence-corrected chi connectivity index (χ0v) is 12.9. The highest BCUT2D eigenvalue weighted by atomic mass is 35.5. The monoisotopic (exact) mass is 324 g/mol. The number of rotatable bonds is 6. The molecule has 0 N–H and O–H groups in total. The molecule has 2 aromatic carbocycles. The first-order valence-corrected chi connectivity index (χ1v) is 7.14. The van der Waals surface area contributed by atoms with Crippen molar-refractivity contribution in [3.05, 3.63) is 58.1 Å². The molecular formula is C16H14Cl2O3. The van der Waals surface area contributed by atoms with E-state index in [1.54, 1.807) is 36.4 Å². The number of carbonyl (C=O) groups excluding carboxylic acids is 1. The third kappa shape index (κ3) is 4.38. The lowest BCUT2D eigenvalue weighted by atomic mass is 10.1. The first-order chi connectivity index (χ1) is 10.1. The van der Waals surface area contributed by atoms with Crippen LogP contribution in [0.25, 0.3) is 0 Å². The fourth-order valence-corrected chi connectivity index (χ4v) is 2.24. The van der Waals surface area contributed by atoms with E-state index in [0.717, 1.165) is 0 Å². The van der Waals surface area contributed by atoms with Crippen LogP contribution in [0.1, 0.15) is 17.3 Å². The van der Waals surface area contributed by atoms with Crippen molar-refractivity contribution in [1.82, 2.24) is 0 Å². The van der Waals surface area contributed by atoms with E-state index < -0.39 is 0 Å². The van der Waals surface area contributed by atoms with Gasteiger partial charge in [0.05, 0.1) is 10.6 Å². The van der Waals surface area contributed by atoms with E-state index in [-0.39, 0.29) is 5.78 Å². The molecule has 0 radical (unpaired) electrons. The summed E-state index contributed by atoms with van der Waals surface area (Å²) in [6.45, 7) is 2.13. The predicted octanol–water partition coefficient (Wildman–Crippen LogP) is 4.65. The molecule has 5 heteroatoms. The zero-order chi connectivity index (χ0) is 15.2. The molecule has 2 aromatic rings. The van der Waals surface area contributed by atoms with Crippen molar-refractivity contribution >= 4 is 29.0 Å². The summed E-state index contributed by atoms with van der Waals surface area (Å²) in [5.74, 6) is 1.06. The first kappa shape index (κ1) is 15.7. The minimum atomic E-state index is -0.0349. The Morgan fingerprint density at radius 1 is 1.00 bits per heavy atom. The van der Waals surface area contributed by atoms with E-state index >= 15 is 0 Å². The van der Waals surface area contributed by atoms with Crippen LogP contribution in [0.2, 0.25) is 10.0 Å². The molecule has 0 saturated carbocycles. The summed E-state index contributed by atoms with van der Waals surface area (Å²) in [6, 6.07) is 12.1. The van der Waals surface area contributed by atoms with Gasteiger partial charge in [-0.2, -0.15) is 0 Å². The zero-order valence-electron chi connectivity index (χ0n) is 11.4. The molecule has 0 aliphatic heterocycles. The molecule has 0 heterocycles. The van der Waals surface area contributed by atoms with Crippen molar-refractivity contribution in [2.45, 2.75) is 6.92 Å². The fourth-order valence-electron chi connectivity index (χ4n) is 1.78. The summed E-state index contributed by atoms with van der Waals surface area (Å²) in [5.41, 5.74) is 0.557. The summed E-state index contributed by atoms with van der Waals surface area (Å²) in [4.78, 5) is 11.5. The van der Waals surface area contributed by atoms with E-state index in [1.165, 1.54) is 6.92 Å². The Morgan fingerprint density at radius 3 is 2.33 bits per heavy atom. The van der Waals surface area contributed by atoms with E-state index in [1.807, 2.05) is 6.07 Å². The normalized spacial score (nSPS) is 10.2. The largest absolute Gasteiger partial charge is 0.489 e. The maximum atomic E-state index is 11.5. The van der Waals surface area contributed by atoms with Crippen molar-refractivity contribution in [2.24, 2.45) is 0 Å². The van der Waals surface area contributed by atoms with Crippen molar-refractivity contribution in [2.75, 3.05) is 13.2 Å². The Kier molecular flexibility index (Phi) is 5.48. The molecule has 0 spiro atoms. The van der Waals surface area contributed by atoms with Gasteiger partial charge in [0, 0.05) is 5.02 Å². The summed E-state index contributed by atoms with van der Waals surface area (Å²) in [5, 5.41) is 1.01. The minimum Gasteiger partial charge on any atom is -0.489 e. The summed E-state index contributed by atoms with van der Waals surface area (Å²) < 4.78 is 11.1. The van der Waals surface area contributed by atoms with Crippen molar-refractivity contribution in [3.8, 4) is 11.5 Å². The lowest BCUT2D eigenvalue weighted by Gasteiger charge is -2.11. The molecule has 2 rings (SSSR count). The number of ketones is 1. The van der Waals surface area contributed by atoms with Gasteiger partial charge in [-0.25, -0.2) is 0 Å². The van der Waals surface area contributed by atoms with E-state index in [4.69, 9.17) is 32.7 Å². The highest BCUT2D eigenvalue weighted by Crippen LogP contribution is 2.27. The molecule has 3 nitrogen and oxygen atoms in total. The molecule has 0 amide bonds. The van der Waals surface area contributed by atoms with Crippen LogP contribution in [-0.4, -0.2) is 19.0 Å². The third-order valence-corrected chi connectivity index (χ3v) is 3.29. The molecule has 0 aliphatic rings. The van der Waals surface area contributed by atoms with Gasteiger partial charge in [-0.1, -0.05) is 35.3 Å². The van der Waals surface area contributed by atoms with Gasteiger partial charge in [-0.15, -0.1) is 0 Å². The summed E-state index contributed by atoms with van der Waals surface area (Å²) >= 11 is 11.8. The molecule has 21 heavy (non-hydrogen) atoms. The van der Waals surface area contributed by atoms with E-state index in [2.05, 4.69) is 0 Å². The summed E-state index contributed by atoms with van der Waals surface area (Å²) in [7, 11) is 0. The highest BCUT2D eigenvalue weighted by Gasteiger charge is 2.07. The van der Waals surface area contributed by atoms with Crippen LogP contribution >= 0.6 is 23.2 Å². The molecular weight excluding hydrogens is 311 g/mol. The lowest BCUT2D eigenvalue weighted by molar-refractivity contribution is 0.101. The van der Waals surface area contributed by atoms with Gasteiger partial charge >= 0.3 is 0 Å². The molecule has 0 saturated heterocycles. The van der Waals surface area contributed by atoms with Crippen molar-refractivity contribution in [3.63, 3.8) is 0 Å². The first-order valence-electron chi connectivity index (χ1n) is 6.38. The molecule has 0 atom stereocenters. The maximum Gasteiger partial charge on any atom is 0.163 e. The van der Waals surface area contributed by atoms with Gasteiger partial charge in [0.15, 0.2) is 5.78 Å². The Morgan fingerprint density at radius 2 is 1.67 bits per heavy atom. The van der Waals surface area contributed by atoms with Gasteiger partial charge < -0.3 is 9.47 Å². The molecule has 0 aliphatic carbocycles. The van der Waals surface area contributed by atoms with E-state index in [9.17, 15) is 4.79 Å². The number of carbonyl (C=O) groups is 1. The maximum absolute atomic E-state index is 11.5. The van der Waals surface area contributed by atoms with Gasteiger partial charge in [0.2, 0.25) is 0 Å². The third-order valence-electron chi connectivity index (χ3n) is 2.76. The number of para-hydroxylation sites is 1. The van der Waals surface area contributed by atoms with Crippen LogP contribution < -0.4 is 9.47 Å². The molecule has 0 unspecified atom stereocenters. The van der Waals surface area contributed by atoms with Gasteiger partial charge in [0.25, 0.3) is 0 Å². The smallest absolute Gasteiger partial charge is 0.163 e. The second-order valence-electron chi connectivity index (χ2n) is 4.32. The second-order valence-corrected chi connectivity index (χ2v) is 5.17. The number of hydrogen-bond acceptors (Lipinski definition) is 3. The quantitative estimate of drug-likeness (QED) is 0.573. The fraction of sp³-hybridized carbons (Fsp3) is 0.188. The second kappa shape index (κ2) is 7.34. The van der Waals surface area contributed by atoms with Gasteiger partial charge in [0.1, 0.15) is 24.7 Å². The number of benzene rings is 2. The Labute approximate surface area is 133 Å². The van der Waals surface area contributed by atoms with Gasteiger partial charge in [-0.05, 0) is 37.3 Å². The Balaban J connectivity index is 1.89. The summed E-state index contributed by atoms with van der Waals surface area (Å²) in [6.07, 6.45) is 0. The van der Waals surface area contributed by atoms with Crippen molar-refractivity contribution in [1.29, 1.82) is 0 Å². The van der Waals surface area contributed by atoms with Crippen molar-refractivity contribution < 1.29 is 14.3 Å². The standard InChI is InChI=1S/C16H14Cl2O3/c1-11(19)13-4-2-3-5-15(13)20-8-9-21-16-7-6-12(17)10-14(16)18/h2-7,10H,8-9H2,1H3.